The van der Waals surface area contributed by atoms with Crippen LogP contribution in [0.3, 0.4) is 0 Å². The lowest BCUT2D eigenvalue weighted by molar-refractivity contribution is 0.0744. The highest BCUT2D eigenvalue weighted by atomic mass is 15.3. The van der Waals surface area contributed by atoms with Gasteiger partial charge in [0, 0.05) is 18.1 Å². The number of hydrogen-bond donors (Lipinski definition) is 0. The molecule has 20 heavy (non-hydrogen) atoms. The van der Waals surface area contributed by atoms with E-state index in [-0.39, 0.29) is 0 Å². The van der Waals surface area contributed by atoms with Crippen LogP contribution in [0.1, 0.15) is 69.2 Å². The summed E-state index contributed by atoms with van der Waals surface area (Å²) in [6.45, 7) is 24.3. The molecule has 120 valence electrons. The van der Waals surface area contributed by atoms with Gasteiger partial charge in [0.2, 0.25) is 0 Å². The normalized spacial score (nSPS) is 32.5. The summed E-state index contributed by atoms with van der Waals surface area (Å²) in [5.41, 5.74) is 0. The van der Waals surface area contributed by atoms with E-state index < -0.39 is 0 Å². The van der Waals surface area contributed by atoms with Crippen LogP contribution < -0.4 is 0 Å². The molecular formula is C19H39N. The molecule has 0 radical (unpaired) electrons. The molecule has 1 saturated heterocycles. The molecule has 1 heteroatoms. The van der Waals surface area contributed by atoms with Crippen LogP contribution in [0.5, 0.6) is 0 Å². The summed E-state index contributed by atoms with van der Waals surface area (Å²) >= 11 is 0. The van der Waals surface area contributed by atoms with Gasteiger partial charge in [-0.2, -0.15) is 0 Å². The first-order valence-electron chi connectivity index (χ1n) is 8.88. The molecule has 0 bridgehead atoms. The Bertz CT molecular complexity index is 210. The molecule has 1 aliphatic heterocycles. The van der Waals surface area contributed by atoms with Gasteiger partial charge in [-0.1, -0.05) is 55.4 Å². The Morgan fingerprint density at radius 1 is 0.500 bits per heavy atom. The second kappa shape index (κ2) is 6.81. The van der Waals surface area contributed by atoms with Gasteiger partial charge in [-0.3, -0.25) is 4.90 Å². The molecule has 0 amide bonds. The van der Waals surface area contributed by atoms with Gasteiger partial charge in [0.1, 0.15) is 0 Å². The first-order valence-corrected chi connectivity index (χ1v) is 8.88. The molecule has 0 N–H and O–H groups in total. The van der Waals surface area contributed by atoms with E-state index >= 15 is 0 Å². The zero-order valence-corrected chi connectivity index (χ0v) is 15.6. The molecule has 0 aromatic carbocycles. The zero-order chi connectivity index (χ0) is 15.8. The lowest BCUT2D eigenvalue weighted by Gasteiger charge is -2.39. The van der Waals surface area contributed by atoms with Crippen molar-refractivity contribution in [1.82, 2.24) is 4.90 Å². The quantitative estimate of drug-likeness (QED) is 0.660. The highest BCUT2D eigenvalue weighted by molar-refractivity contribution is 5.04. The maximum absolute atomic E-state index is 2.88. The van der Waals surface area contributed by atoms with Gasteiger partial charge in [0.05, 0.1) is 0 Å². The summed E-state index contributed by atoms with van der Waals surface area (Å²) in [6, 6.07) is 2.14. The van der Waals surface area contributed by atoms with Crippen LogP contribution >= 0.6 is 0 Å². The van der Waals surface area contributed by atoms with Crippen molar-refractivity contribution >= 4 is 0 Å². The molecule has 1 fully saturated rings. The topological polar surface area (TPSA) is 3.24 Å². The molecule has 1 nitrogen and oxygen atoms in total. The van der Waals surface area contributed by atoms with E-state index in [4.69, 9.17) is 0 Å². The molecular weight excluding hydrogens is 242 g/mol. The fourth-order valence-electron chi connectivity index (χ4n) is 5.00. The van der Waals surface area contributed by atoms with E-state index in [0.29, 0.717) is 6.04 Å². The monoisotopic (exact) mass is 281 g/mol. The van der Waals surface area contributed by atoms with E-state index in [0.717, 1.165) is 47.6 Å². The predicted octanol–water partition coefficient (Wildman–Crippen LogP) is 5.30. The van der Waals surface area contributed by atoms with Gasteiger partial charge >= 0.3 is 0 Å². The third-order valence-electron chi connectivity index (χ3n) is 5.42. The van der Waals surface area contributed by atoms with Gasteiger partial charge in [0.25, 0.3) is 0 Å². The van der Waals surface area contributed by atoms with Crippen LogP contribution in [0.15, 0.2) is 0 Å². The van der Waals surface area contributed by atoms with Crippen molar-refractivity contribution < 1.29 is 0 Å². The highest BCUT2D eigenvalue weighted by Crippen LogP contribution is 2.49. The number of rotatable bonds is 5. The maximum atomic E-state index is 2.88. The molecule has 0 aromatic rings. The van der Waals surface area contributed by atoms with Crippen molar-refractivity contribution in [3.8, 4) is 0 Å². The summed E-state index contributed by atoms with van der Waals surface area (Å²) in [5.74, 6) is 4.72. The van der Waals surface area contributed by atoms with Crippen molar-refractivity contribution in [3.05, 3.63) is 0 Å². The van der Waals surface area contributed by atoms with Gasteiger partial charge in [-0.05, 0) is 49.4 Å². The predicted molar refractivity (Wildman–Crippen MR) is 90.9 cm³/mol. The number of nitrogens with zero attached hydrogens (tertiary/aromatic N) is 1. The van der Waals surface area contributed by atoms with E-state index in [9.17, 15) is 0 Å². The second-order valence-corrected chi connectivity index (χ2v) is 8.65. The summed E-state index contributed by atoms with van der Waals surface area (Å²) in [6.07, 6.45) is 0. The smallest absolute Gasteiger partial charge is 0.0158 e. The summed E-state index contributed by atoms with van der Waals surface area (Å²) in [7, 11) is 0. The molecule has 4 atom stereocenters. The average Bonchev–Trinajstić information content (AvgIpc) is 2.64. The van der Waals surface area contributed by atoms with Crippen molar-refractivity contribution in [2.24, 2.45) is 35.5 Å². The van der Waals surface area contributed by atoms with Crippen LogP contribution in [0.25, 0.3) is 0 Å². The van der Waals surface area contributed by atoms with Crippen LogP contribution in [0.4, 0.5) is 0 Å². The van der Waals surface area contributed by atoms with Crippen molar-refractivity contribution in [1.29, 1.82) is 0 Å². The highest BCUT2D eigenvalue weighted by Gasteiger charge is 2.52. The van der Waals surface area contributed by atoms with Crippen molar-refractivity contribution in [2.45, 2.75) is 87.4 Å². The van der Waals surface area contributed by atoms with E-state index in [1.807, 2.05) is 0 Å². The van der Waals surface area contributed by atoms with Crippen molar-refractivity contribution in [3.63, 3.8) is 0 Å². The Balaban J connectivity index is 3.32. The SMILES string of the molecule is CC(C)C1C(C(C)C)C(C(C)C)N(C(C)C)C1C(C)C. The first-order chi connectivity index (χ1) is 9.11. The van der Waals surface area contributed by atoms with Crippen LogP contribution in [-0.4, -0.2) is 23.0 Å². The standard InChI is InChI=1S/C19H39N/c1-11(2)16-17(12(3)4)19(14(7)8)20(15(9)10)18(16)13(5)6/h11-19H,1-10H3. The molecule has 0 saturated carbocycles. The minimum Gasteiger partial charge on any atom is -0.294 e. The van der Waals surface area contributed by atoms with E-state index in [1.54, 1.807) is 0 Å². The third kappa shape index (κ3) is 3.24. The minimum atomic E-state index is 0.653. The average molecular weight is 282 g/mol. The van der Waals surface area contributed by atoms with Gasteiger partial charge in [-0.15, -0.1) is 0 Å². The Morgan fingerprint density at radius 2 is 0.800 bits per heavy atom. The lowest BCUT2D eigenvalue weighted by Crippen LogP contribution is -2.47. The first kappa shape index (κ1) is 18.0. The Hall–Kier alpha value is -0.0400. The van der Waals surface area contributed by atoms with E-state index in [1.165, 1.54) is 0 Å². The van der Waals surface area contributed by atoms with E-state index in [2.05, 4.69) is 74.1 Å². The molecule has 1 aliphatic rings. The minimum absolute atomic E-state index is 0.653. The zero-order valence-electron chi connectivity index (χ0n) is 15.6. The van der Waals surface area contributed by atoms with Gasteiger partial charge in [0.15, 0.2) is 0 Å². The fourth-order valence-corrected chi connectivity index (χ4v) is 5.00. The summed E-state index contributed by atoms with van der Waals surface area (Å²) < 4.78 is 0. The molecule has 4 unspecified atom stereocenters. The summed E-state index contributed by atoms with van der Waals surface area (Å²) in [4.78, 5) is 2.88. The molecule has 1 heterocycles. The number of likely N-dealkylation sites (tertiary alicyclic amines) is 1. The largest absolute Gasteiger partial charge is 0.294 e. The maximum Gasteiger partial charge on any atom is 0.0158 e. The van der Waals surface area contributed by atoms with Crippen LogP contribution in [0, 0.1) is 35.5 Å². The molecule has 1 rings (SSSR count). The van der Waals surface area contributed by atoms with Gasteiger partial charge < -0.3 is 0 Å². The number of hydrogen-bond acceptors (Lipinski definition) is 1. The van der Waals surface area contributed by atoms with Gasteiger partial charge in [-0.25, -0.2) is 0 Å². The fraction of sp³-hybridized carbons (Fsp3) is 1.00. The van der Waals surface area contributed by atoms with Crippen LogP contribution in [-0.2, 0) is 0 Å². The lowest BCUT2D eigenvalue weighted by atomic mass is 9.70. The second-order valence-electron chi connectivity index (χ2n) is 8.65. The van der Waals surface area contributed by atoms with Crippen LogP contribution in [0.2, 0.25) is 0 Å². The molecule has 0 spiro atoms. The Morgan fingerprint density at radius 3 is 0.950 bits per heavy atom. The Kier molecular flexibility index (Phi) is 6.14. The Labute approximate surface area is 128 Å². The van der Waals surface area contributed by atoms with Crippen molar-refractivity contribution in [2.75, 3.05) is 0 Å². The summed E-state index contributed by atoms with van der Waals surface area (Å²) in [5, 5.41) is 0. The third-order valence-corrected chi connectivity index (χ3v) is 5.42. The molecule has 0 aromatic heterocycles. The molecule has 0 aliphatic carbocycles.